The van der Waals surface area contributed by atoms with E-state index in [-0.39, 0.29) is 28.8 Å². The number of carbonyl (C=O) groups is 4. The van der Waals surface area contributed by atoms with Crippen molar-refractivity contribution in [3.8, 4) is 0 Å². The number of halogens is 1. The van der Waals surface area contributed by atoms with Crippen molar-refractivity contribution in [1.29, 1.82) is 0 Å². The zero-order chi connectivity index (χ0) is 25.9. The highest BCUT2D eigenvalue weighted by molar-refractivity contribution is 6.33. The van der Waals surface area contributed by atoms with Crippen LogP contribution in [0.1, 0.15) is 57.3 Å². The molecule has 3 amide bonds. The van der Waals surface area contributed by atoms with Crippen molar-refractivity contribution in [1.82, 2.24) is 15.5 Å². The largest absolute Gasteiger partial charge is 0.433 e. The number of cyclic esters (lactones) is 1. The van der Waals surface area contributed by atoms with Crippen LogP contribution in [0, 0.1) is 5.41 Å². The predicted molar refractivity (Wildman–Crippen MR) is 129 cm³/mol. The van der Waals surface area contributed by atoms with E-state index in [1.807, 2.05) is 20.8 Å². The lowest BCUT2D eigenvalue weighted by Gasteiger charge is -2.35. The molecule has 192 valence electrons. The number of rotatable bonds is 7. The molecule has 4 N–H and O–H groups in total. The van der Waals surface area contributed by atoms with Crippen molar-refractivity contribution < 1.29 is 28.7 Å². The fraction of sp³-hybridized carbons (Fsp3) is 0.583. The van der Waals surface area contributed by atoms with Gasteiger partial charge in [-0.05, 0) is 43.4 Å². The number of anilines is 1. The molecular formula is C24H33ClN4O6. The molecular weight excluding hydrogens is 476 g/mol. The summed E-state index contributed by atoms with van der Waals surface area (Å²) in [7, 11) is 0. The quantitative estimate of drug-likeness (QED) is 0.377. The minimum atomic E-state index is -0.896. The number of likely N-dealkylation sites (tertiary alicyclic amines) is 1. The van der Waals surface area contributed by atoms with Crippen molar-refractivity contribution in [2.75, 3.05) is 18.9 Å². The molecule has 1 aromatic carbocycles. The van der Waals surface area contributed by atoms with E-state index in [1.165, 1.54) is 23.1 Å². The molecule has 0 saturated carbocycles. The van der Waals surface area contributed by atoms with Gasteiger partial charge >= 0.3 is 5.97 Å². The number of ether oxygens (including phenoxy) is 2. The van der Waals surface area contributed by atoms with Crippen molar-refractivity contribution in [2.24, 2.45) is 5.41 Å². The number of amides is 3. The Morgan fingerprint density at radius 1 is 1.31 bits per heavy atom. The van der Waals surface area contributed by atoms with Crippen LogP contribution in [0.15, 0.2) is 18.2 Å². The molecule has 3 rings (SSSR count). The van der Waals surface area contributed by atoms with Crippen molar-refractivity contribution in [2.45, 2.75) is 71.4 Å². The number of hydrogen-bond donors (Lipinski definition) is 3. The lowest BCUT2D eigenvalue weighted by molar-refractivity contribution is -0.164. The third-order valence-electron chi connectivity index (χ3n) is 6.11. The van der Waals surface area contributed by atoms with Gasteiger partial charge in [0.05, 0.1) is 17.1 Å². The molecule has 10 nitrogen and oxygen atoms in total. The highest BCUT2D eigenvalue weighted by Gasteiger charge is 2.44. The Morgan fingerprint density at radius 2 is 2.03 bits per heavy atom. The van der Waals surface area contributed by atoms with Gasteiger partial charge in [-0.1, -0.05) is 32.4 Å². The average Bonchev–Trinajstić information content (AvgIpc) is 3.39. The third-order valence-corrected chi connectivity index (χ3v) is 6.44. The summed E-state index contributed by atoms with van der Waals surface area (Å²) in [5.74, 6) is -1.66. The molecule has 35 heavy (non-hydrogen) atoms. The first-order valence-electron chi connectivity index (χ1n) is 11.7. The van der Waals surface area contributed by atoms with Crippen LogP contribution in [-0.2, 0) is 23.9 Å². The maximum atomic E-state index is 13.6. The van der Waals surface area contributed by atoms with Crippen LogP contribution >= 0.6 is 11.6 Å². The van der Waals surface area contributed by atoms with Gasteiger partial charge in [0.15, 0.2) is 0 Å². The van der Waals surface area contributed by atoms with Crippen molar-refractivity contribution >= 4 is 41.0 Å². The Labute approximate surface area is 209 Å². The molecule has 2 aliphatic rings. The monoisotopic (exact) mass is 508 g/mol. The van der Waals surface area contributed by atoms with Crippen LogP contribution in [0.5, 0.6) is 0 Å². The van der Waals surface area contributed by atoms with Gasteiger partial charge in [-0.2, -0.15) is 0 Å². The van der Waals surface area contributed by atoms with Gasteiger partial charge in [-0.25, -0.2) is 0 Å². The zero-order valence-corrected chi connectivity index (χ0v) is 21.2. The Balaban J connectivity index is 1.74. The molecule has 0 aromatic heterocycles. The van der Waals surface area contributed by atoms with Crippen LogP contribution in [0.25, 0.3) is 0 Å². The normalized spacial score (nSPS) is 23.1. The fourth-order valence-electron chi connectivity index (χ4n) is 4.25. The molecule has 2 saturated heterocycles. The number of nitrogens with one attached hydrogen (secondary N) is 2. The van der Waals surface area contributed by atoms with Gasteiger partial charge in [-0.3, -0.25) is 19.2 Å². The van der Waals surface area contributed by atoms with Crippen molar-refractivity contribution in [3.05, 3.63) is 28.8 Å². The first-order chi connectivity index (χ1) is 16.4. The Kier molecular flexibility index (Phi) is 8.27. The summed E-state index contributed by atoms with van der Waals surface area (Å²) in [6.45, 7) is 7.98. The van der Waals surface area contributed by atoms with Crippen LogP contribution in [0.4, 0.5) is 5.69 Å². The second-order valence-corrected chi connectivity index (χ2v) is 10.2. The fourth-order valence-corrected chi connectivity index (χ4v) is 4.43. The SMILES string of the molecule is CCO[C@H]1OC(=O)C[C@@H]1NC(=O)[C@@H]1CCCN1C(=O)C(NC(=O)c1ccc(N)c(Cl)c1)C(C)(C)C. The average molecular weight is 509 g/mol. The van der Waals surface area contributed by atoms with Gasteiger partial charge in [0, 0.05) is 18.7 Å². The summed E-state index contributed by atoms with van der Waals surface area (Å²) in [6.07, 6.45) is 0.255. The highest BCUT2D eigenvalue weighted by atomic mass is 35.5. The van der Waals surface area contributed by atoms with Crippen LogP contribution in [0.3, 0.4) is 0 Å². The minimum Gasteiger partial charge on any atom is -0.433 e. The number of nitrogens with two attached hydrogens (primary N) is 1. The van der Waals surface area contributed by atoms with E-state index in [0.717, 1.165) is 0 Å². The van der Waals surface area contributed by atoms with E-state index in [4.69, 9.17) is 26.8 Å². The van der Waals surface area contributed by atoms with Crippen LogP contribution in [0.2, 0.25) is 5.02 Å². The number of nitrogen functional groups attached to an aromatic ring is 1. The molecule has 2 aliphatic heterocycles. The van der Waals surface area contributed by atoms with Crippen molar-refractivity contribution in [3.63, 3.8) is 0 Å². The highest BCUT2D eigenvalue weighted by Crippen LogP contribution is 2.27. The first kappa shape index (κ1) is 26.7. The van der Waals surface area contributed by atoms with Gasteiger partial charge in [0.2, 0.25) is 18.1 Å². The number of nitrogens with zero attached hydrogens (tertiary/aromatic N) is 1. The number of hydrogen-bond acceptors (Lipinski definition) is 7. The molecule has 0 bridgehead atoms. The lowest BCUT2D eigenvalue weighted by atomic mass is 9.85. The summed E-state index contributed by atoms with van der Waals surface area (Å²) in [6, 6.07) is 2.26. The van der Waals surface area contributed by atoms with E-state index < -0.39 is 41.7 Å². The van der Waals surface area contributed by atoms with Crippen LogP contribution < -0.4 is 16.4 Å². The molecule has 1 unspecified atom stereocenters. The van der Waals surface area contributed by atoms with E-state index in [1.54, 1.807) is 6.92 Å². The molecule has 11 heteroatoms. The number of benzene rings is 1. The summed E-state index contributed by atoms with van der Waals surface area (Å²) in [4.78, 5) is 52.9. The van der Waals surface area contributed by atoms with E-state index >= 15 is 0 Å². The summed E-state index contributed by atoms with van der Waals surface area (Å²) in [5.41, 5.74) is 5.71. The number of esters is 1. The summed E-state index contributed by atoms with van der Waals surface area (Å²) in [5, 5.41) is 5.86. The minimum absolute atomic E-state index is 0.00188. The maximum absolute atomic E-state index is 13.6. The Bertz CT molecular complexity index is 995. The van der Waals surface area contributed by atoms with E-state index in [0.29, 0.717) is 31.7 Å². The topological polar surface area (TPSA) is 140 Å². The van der Waals surface area contributed by atoms with Gasteiger partial charge < -0.3 is 30.7 Å². The second kappa shape index (κ2) is 10.8. The lowest BCUT2D eigenvalue weighted by Crippen LogP contribution is -2.58. The Hall–Kier alpha value is -2.85. The number of carbonyl (C=O) groups excluding carboxylic acids is 4. The maximum Gasteiger partial charge on any atom is 0.310 e. The van der Waals surface area contributed by atoms with Gasteiger partial charge in [0.1, 0.15) is 18.1 Å². The molecule has 0 aliphatic carbocycles. The third kappa shape index (κ3) is 6.24. The molecule has 0 radical (unpaired) electrons. The van der Waals surface area contributed by atoms with Gasteiger partial charge in [0.25, 0.3) is 5.91 Å². The first-order valence-corrected chi connectivity index (χ1v) is 12.1. The zero-order valence-electron chi connectivity index (χ0n) is 20.4. The molecule has 0 spiro atoms. The molecule has 2 heterocycles. The predicted octanol–water partition coefficient (Wildman–Crippen LogP) is 1.85. The van der Waals surface area contributed by atoms with Crippen LogP contribution in [-0.4, -0.2) is 66.2 Å². The Morgan fingerprint density at radius 3 is 2.66 bits per heavy atom. The summed E-state index contributed by atoms with van der Waals surface area (Å²) >= 11 is 6.05. The molecule has 4 atom stereocenters. The molecule has 2 fully saturated rings. The van der Waals surface area contributed by atoms with E-state index in [2.05, 4.69) is 10.6 Å². The standard InChI is InChI=1S/C24H33ClN4O6/c1-5-34-23-16(12-18(30)35-23)27-21(32)17-7-6-10-29(17)22(33)19(24(2,3)4)28-20(31)13-8-9-15(26)14(25)11-13/h8-9,11,16-17,19,23H,5-7,10,12,26H2,1-4H3,(H,27,32)(H,28,31)/t16-,17-,19?,23-/m0/s1. The summed E-state index contributed by atoms with van der Waals surface area (Å²) < 4.78 is 10.5. The second-order valence-electron chi connectivity index (χ2n) is 9.83. The van der Waals surface area contributed by atoms with Gasteiger partial charge in [-0.15, -0.1) is 0 Å². The van der Waals surface area contributed by atoms with E-state index in [9.17, 15) is 19.2 Å². The molecule has 1 aromatic rings. The smallest absolute Gasteiger partial charge is 0.310 e.